The van der Waals surface area contributed by atoms with Gasteiger partial charge in [-0.25, -0.2) is 0 Å². The van der Waals surface area contributed by atoms with Crippen LogP contribution in [0, 0.1) is 11.8 Å². The van der Waals surface area contributed by atoms with Crippen LogP contribution < -0.4 is 9.64 Å². The third kappa shape index (κ3) is 5.53. The van der Waals surface area contributed by atoms with Crippen LogP contribution >= 0.6 is 11.6 Å². The van der Waals surface area contributed by atoms with E-state index in [1.807, 2.05) is 24.3 Å². The second-order valence-corrected chi connectivity index (χ2v) is 10.00. The van der Waals surface area contributed by atoms with Crippen LogP contribution in [0.5, 0.6) is 5.75 Å². The molecule has 1 fully saturated rings. The van der Waals surface area contributed by atoms with E-state index in [4.69, 9.17) is 16.3 Å². The zero-order valence-electron chi connectivity index (χ0n) is 19.5. The first-order valence-corrected chi connectivity index (χ1v) is 12.4. The monoisotopic (exact) mass is 471 g/mol. The molecule has 5 nitrogen and oxygen atoms in total. The first-order chi connectivity index (χ1) is 15.9. The van der Waals surface area contributed by atoms with E-state index in [-0.39, 0.29) is 11.7 Å². The molecule has 1 saturated carbocycles. The minimum absolute atomic E-state index is 0.0337. The predicted molar refractivity (Wildman–Crippen MR) is 131 cm³/mol. The molecule has 3 atom stereocenters. The van der Waals surface area contributed by atoms with Crippen LogP contribution in [0.3, 0.4) is 0 Å². The molecule has 2 aromatic rings. The minimum atomic E-state index is -1.26. The van der Waals surface area contributed by atoms with Crippen molar-refractivity contribution in [1.82, 2.24) is 0 Å². The van der Waals surface area contributed by atoms with Crippen molar-refractivity contribution in [2.24, 2.45) is 11.8 Å². The molecule has 3 unspecified atom stereocenters. The third-order valence-electron chi connectivity index (χ3n) is 7.19. The average Bonchev–Trinajstić information content (AvgIpc) is 2.94. The van der Waals surface area contributed by atoms with Crippen LogP contribution in [0.4, 0.5) is 5.69 Å². The van der Waals surface area contributed by atoms with Gasteiger partial charge in [-0.05, 0) is 79.5 Å². The van der Waals surface area contributed by atoms with E-state index >= 15 is 0 Å². The summed E-state index contributed by atoms with van der Waals surface area (Å²) in [6, 6.07) is 11.8. The van der Waals surface area contributed by atoms with E-state index in [1.54, 1.807) is 6.92 Å². The number of ketones is 1. The highest BCUT2D eigenvalue weighted by molar-refractivity contribution is 6.30. The Labute approximate surface area is 201 Å². The number of aryl methyl sites for hydroxylation is 1. The van der Waals surface area contributed by atoms with Gasteiger partial charge in [0.2, 0.25) is 0 Å². The summed E-state index contributed by atoms with van der Waals surface area (Å²) < 4.78 is 6.30. The number of benzene rings is 2. The second kappa shape index (κ2) is 10.5. The van der Waals surface area contributed by atoms with Gasteiger partial charge in [-0.1, -0.05) is 31.0 Å². The SMILES string of the molecule is CCCc1cc(Cl)ccc1C1COc2ccc(C(C)=O)cc2N(CC2CCC2CC(O)O)C1. The molecule has 2 N–H and O–H groups in total. The lowest BCUT2D eigenvalue weighted by Gasteiger charge is -2.41. The molecule has 2 aliphatic rings. The van der Waals surface area contributed by atoms with Crippen LogP contribution in [0.25, 0.3) is 0 Å². The van der Waals surface area contributed by atoms with Gasteiger partial charge in [0.05, 0.1) is 12.3 Å². The van der Waals surface area contributed by atoms with Crippen molar-refractivity contribution < 1.29 is 19.7 Å². The molecule has 178 valence electrons. The smallest absolute Gasteiger partial charge is 0.159 e. The molecule has 4 rings (SSSR count). The van der Waals surface area contributed by atoms with E-state index in [0.717, 1.165) is 55.2 Å². The number of carbonyl (C=O) groups excluding carboxylic acids is 1. The number of nitrogens with zero attached hydrogens (tertiary/aromatic N) is 1. The standard InChI is InChI=1S/C27H34ClNO4/c1-3-4-20-11-23(28)8-9-24(20)22-15-29(14-21-6-5-19(21)13-27(31)32)25-12-18(17(2)30)7-10-26(25)33-16-22/h7-12,19,21-22,27,31-32H,3-6,13-16H2,1-2H3. The Hall–Kier alpha value is -2.08. The summed E-state index contributed by atoms with van der Waals surface area (Å²) in [7, 11) is 0. The number of hydrogen-bond acceptors (Lipinski definition) is 5. The molecule has 0 radical (unpaired) electrons. The van der Waals surface area contributed by atoms with Crippen molar-refractivity contribution >= 4 is 23.1 Å². The van der Waals surface area contributed by atoms with Gasteiger partial charge in [0.25, 0.3) is 0 Å². The van der Waals surface area contributed by atoms with E-state index in [2.05, 4.69) is 24.0 Å². The summed E-state index contributed by atoms with van der Waals surface area (Å²) in [5, 5.41) is 19.7. The normalized spacial score (nSPS) is 22.4. The Bertz CT molecular complexity index is 992. The molecule has 1 aliphatic heterocycles. The Balaban J connectivity index is 1.66. The zero-order valence-corrected chi connectivity index (χ0v) is 20.2. The number of carbonyl (C=O) groups is 1. The zero-order chi connectivity index (χ0) is 23.5. The maximum absolute atomic E-state index is 12.1. The number of fused-ring (bicyclic) bond motifs is 1. The lowest BCUT2D eigenvalue weighted by Crippen LogP contribution is -2.41. The van der Waals surface area contributed by atoms with Gasteiger partial charge >= 0.3 is 0 Å². The largest absolute Gasteiger partial charge is 0.491 e. The van der Waals surface area contributed by atoms with E-state index in [9.17, 15) is 15.0 Å². The van der Waals surface area contributed by atoms with Crippen molar-refractivity contribution in [2.45, 2.75) is 58.2 Å². The van der Waals surface area contributed by atoms with Crippen LogP contribution in [0.1, 0.15) is 66.9 Å². The molecular weight excluding hydrogens is 438 g/mol. The van der Waals surface area contributed by atoms with Gasteiger partial charge in [0.1, 0.15) is 5.75 Å². The molecule has 1 heterocycles. The first kappa shape index (κ1) is 24.1. The number of Topliss-reactive ketones (excluding diaryl/α,β-unsaturated/α-hetero) is 1. The topological polar surface area (TPSA) is 70.0 Å². The van der Waals surface area contributed by atoms with Crippen molar-refractivity contribution in [1.29, 1.82) is 0 Å². The third-order valence-corrected chi connectivity index (χ3v) is 7.43. The number of hydrogen-bond donors (Lipinski definition) is 2. The Morgan fingerprint density at radius 2 is 1.97 bits per heavy atom. The van der Waals surface area contributed by atoms with Crippen molar-refractivity contribution in [3.05, 3.63) is 58.1 Å². The molecular formula is C27H34ClNO4. The van der Waals surface area contributed by atoms with E-state index in [1.165, 1.54) is 11.1 Å². The van der Waals surface area contributed by atoms with Crippen molar-refractivity contribution in [2.75, 3.05) is 24.6 Å². The summed E-state index contributed by atoms with van der Waals surface area (Å²) in [6.07, 6.45) is 3.25. The predicted octanol–water partition coefficient (Wildman–Crippen LogP) is 5.20. The second-order valence-electron chi connectivity index (χ2n) is 9.56. The molecule has 0 spiro atoms. The van der Waals surface area contributed by atoms with E-state index in [0.29, 0.717) is 30.4 Å². The molecule has 0 bridgehead atoms. The molecule has 2 aromatic carbocycles. The molecule has 0 saturated heterocycles. The molecule has 6 heteroatoms. The Kier molecular flexibility index (Phi) is 7.62. The summed E-state index contributed by atoms with van der Waals surface area (Å²) >= 11 is 6.31. The maximum atomic E-state index is 12.1. The minimum Gasteiger partial charge on any atom is -0.491 e. The number of aliphatic hydroxyl groups excluding tert-OH is 1. The van der Waals surface area contributed by atoms with Gasteiger partial charge in [0, 0.05) is 36.0 Å². The maximum Gasteiger partial charge on any atom is 0.159 e. The molecule has 33 heavy (non-hydrogen) atoms. The molecule has 0 aromatic heterocycles. The number of anilines is 1. The fourth-order valence-electron chi connectivity index (χ4n) is 5.28. The lowest BCUT2D eigenvalue weighted by atomic mass is 9.71. The van der Waals surface area contributed by atoms with Crippen molar-refractivity contribution in [3.63, 3.8) is 0 Å². The van der Waals surface area contributed by atoms with Gasteiger partial charge in [-0.15, -0.1) is 0 Å². The fourth-order valence-corrected chi connectivity index (χ4v) is 5.47. The summed E-state index contributed by atoms with van der Waals surface area (Å²) in [6.45, 7) is 5.90. The highest BCUT2D eigenvalue weighted by Crippen LogP contribution is 2.42. The highest BCUT2D eigenvalue weighted by Gasteiger charge is 2.35. The van der Waals surface area contributed by atoms with Gasteiger partial charge in [-0.3, -0.25) is 4.79 Å². The fraction of sp³-hybridized carbons (Fsp3) is 0.519. The van der Waals surface area contributed by atoms with E-state index < -0.39 is 6.29 Å². The van der Waals surface area contributed by atoms with Crippen molar-refractivity contribution in [3.8, 4) is 5.75 Å². The lowest BCUT2D eigenvalue weighted by molar-refractivity contribution is -0.0719. The Morgan fingerprint density at radius 3 is 2.64 bits per heavy atom. The van der Waals surface area contributed by atoms with Crippen LogP contribution in [-0.2, 0) is 6.42 Å². The van der Waals surface area contributed by atoms with Gasteiger partial charge < -0.3 is 19.8 Å². The number of ether oxygens (including phenoxy) is 1. The van der Waals surface area contributed by atoms with Crippen LogP contribution in [0.15, 0.2) is 36.4 Å². The number of aliphatic hydroxyl groups is 2. The summed E-state index contributed by atoms with van der Waals surface area (Å²) in [5.41, 5.74) is 4.15. The van der Waals surface area contributed by atoms with Gasteiger partial charge in [0.15, 0.2) is 12.1 Å². The first-order valence-electron chi connectivity index (χ1n) is 12.0. The summed E-state index contributed by atoms with van der Waals surface area (Å²) in [4.78, 5) is 14.4. The molecule has 1 aliphatic carbocycles. The molecule has 0 amide bonds. The Morgan fingerprint density at radius 1 is 1.18 bits per heavy atom. The average molecular weight is 472 g/mol. The van der Waals surface area contributed by atoms with Gasteiger partial charge in [-0.2, -0.15) is 0 Å². The number of halogens is 1. The van der Waals surface area contributed by atoms with Crippen LogP contribution in [0.2, 0.25) is 5.02 Å². The summed E-state index contributed by atoms with van der Waals surface area (Å²) in [5.74, 6) is 1.69. The quantitative estimate of drug-likeness (QED) is 0.409. The van der Waals surface area contributed by atoms with Crippen LogP contribution in [-0.4, -0.2) is 42.0 Å². The highest BCUT2D eigenvalue weighted by atomic mass is 35.5. The number of rotatable bonds is 8.